The van der Waals surface area contributed by atoms with Crippen molar-refractivity contribution in [3.8, 4) is 0 Å². The number of hydrogen-bond acceptors (Lipinski definition) is 2. The van der Waals surface area contributed by atoms with Crippen LogP contribution in [0.3, 0.4) is 0 Å². The predicted octanol–water partition coefficient (Wildman–Crippen LogP) is 0.263. The summed E-state index contributed by atoms with van der Waals surface area (Å²) in [6, 6.07) is 0. The molecule has 0 aliphatic rings. The first-order valence-corrected chi connectivity index (χ1v) is 3.92. The van der Waals surface area contributed by atoms with Crippen LogP contribution in [0.5, 0.6) is 0 Å². The third-order valence-electron chi connectivity index (χ3n) is 1.60. The van der Waals surface area contributed by atoms with Crippen LogP contribution in [0, 0.1) is 5.92 Å². The largest absolute Gasteiger partial charge is 0.387 e. The SMILES string of the molecule is CC(C)C(N)=NC(C)(C)C(N)=O. The summed E-state index contributed by atoms with van der Waals surface area (Å²) >= 11 is 0. The molecule has 0 heterocycles. The Morgan fingerprint density at radius 1 is 1.33 bits per heavy atom. The molecule has 0 fully saturated rings. The molecule has 0 saturated heterocycles. The minimum atomic E-state index is -0.894. The van der Waals surface area contributed by atoms with Crippen LogP contribution in [0.15, 0.2) is 4.99 Å². The van der Waals surface area contributed by atoms with Gasteiger partial charge in [0.1, 0.15) is 5.54 Å². The fraction of sp³-hybridized carbons (Fsp3) is 0.750. The van der Waals surface area contributed by atoms with Gasteiger partial charge in [-0.15, -0.1) is 0 Å². The van der Waals surface area contributed by atoms with Crippen LogP contribution in [0.1, 0.15) is 27.7 Å². The highest BCUT2D eigenvalue weighted by atomic mass is 16.1. The standard InChI is InChI=1S/C8H17N3O/c1-5(2)6(9)11-8(3,4)7(10)12/h5H,1-4H3,(H2,9,11)(H2,10,12). The predicted molar refractivity (Wildman–Crippen MR) is 49.7 cm³/mol. The minimum Gasteiger partial charge on any atom is -0.387 e. The van der Waals surface area contributed by atoms with Crippen LogP contribution in [0.25, 0.3) is 0 Å². The van der Waals surface area contributed by atoms with Crippen molar-refractivity contribution in [1.82, 2.24) is 0 Å². The fourth-order valence-corrected chi connectivity index (χ4v) is 0.507. The Morgan fingerprint density at radius 2 is 1.75 bits per heavy atom. The van der Waals surface area contributed by atoms with Gasteiger partial charge in [-0.2, -0.15) is 0 Å². The van der Waals surface area contributed by atoms with Crippen LogP contribution in [-0.2, 0) is 4.79 Å². The lowest BCUT2D eigenvalue weighted by molar-refractivity contribution is -0.121. The molecule has 4 heteroatoms. The highest BCUT2D eigenvalue weighted by molar-refractivity contribution is 5.89. The summed E-state index contributed by atoms with van der Waals surface area (Å²) in [5.41, 5.74) is 9.81. The zero-order valence-corrected chi connectivity index (χ0v) is 8.09. The zero-order chi connectivity index (χ0) is 9.94. The van der Waals surface area contributed by atoms with Crippen molar-refractivity contribution in [2.24, 2.45) is 22.4 Å². The van der Waals surface area contributed by atoms with Gasteiger partial charge >= 0.3 is 0 Å². The molecule has 0 spiro atoms. The number of nitrogens with two attached hydrogens (primary N) is 2. The van der Waals surface area contributed by atoms with E-state index in [0.717, 1.165) is 0 Å². The Morgan fingerprint density at radius 3 is 2.00 bits per heavy atom. The number of primary amides is 1. The minimum absolute atomic E-state index is 0.142. The highest BCUT2D eigenvalue weighted by Crippen LogP contribution is 2.08. The molecule has 70 valence electrons. The van der Waals surface area contributed by atoms with Gasteiger partial charge in [0.05, 0.1) is 5.84 Å². The first-order chi connectivity index (χ1) is 5.27. The van der Waals surface area contributed by atoms with E-state index in [1.54, 1.807) is 13.8 Å². The summed E-state index contributed by atoms with van der Waals surface area (Å²) in [6.07, 6.45) is 0. The number of hydrogen-bond donors (Lipinski definition) is 2. The van der Waals surface area contributed by atoms with E-state index < -0.39 is 11.4 Å². The molecule has 0 radical (unpaired) electrons. The number of nitrogens with zero attached hydrogens (tertiary/aromatic N) is 1. The molecule has 1 amide bonds. The average molecular weight is 171 g/mol. The van der Waals surface area contributed by atoms with E-state index in [1.165, 1.54) is 0 Å². The van der Waals surface area contributed by atoms with Crippen LogP contribution in [0.2, 0.25) is 0 Å². The third-order valence-corrected chi connectivity index (χ3v) is 1.60. The highest BCUT2D eigenvalue weighted by Gasteiger charge is 2.24. The van der Waals surface area contributed by atoms with Gasteiger partial charge < -0.3 is 11.5 Å². The molecule has 0 unspecified atom stereocenters. The van der Waals surface area contributed by atoms with Gasteiger partial charge in [-0.05, 0) is 13.8 Å². The van der Waals surface area contributed by atoms with Crippen molar-refractivity contribution in [2.75, 3.05) is 0 Å². The van der Waals surface area contributed by atoms with Gasteiger partial charge in [0.2, 0.25) is 5.91 Å². The number of aliphatic imine (C=N–C) groups is 1. The Bertz CT molecular complexity index is 206. The molecular formula is C8H17N3O. The Balaban J connectivity index is 4.61. The van der Waals surface area contributed by atoms with Crippen LogP contribution in [0.4, 0.5) is 0 Å². The van der Waals surface area contributed by atoms with Crippen molar-refractivity contribution >= 4 is 11.7 Å². The molecule has 0 atom stereocenters. The van der Waals surface area contributed by atoms with E-state index in [-0.39, 0.29) is 5.92 Å². The van der Waals surface area contributed by atoms with E-state index in [0.29, 0.717) is 5.84 Å². The molecule has 0 bridgehead atoms. The maximum atomic E-state index is 10.8. The van der Waals surface area contributed by atoms with Crippen molar-refractivity contribution < 1.29 is 4.79 Å². The summed E-state index contributed by atoms with van der Waals surface area (Å²) in [5, 5.41) is 0. The molecular weight excluding hydrogens is 154 g/mol. The fourth-order valence-electron chi connectivity index (χ4n) is 0.507. The Labute approximate surface area is 73.0 Å². The van der Waals surface area contributed by atoms with E-state index in [9.17, 15) is 4.79 Å². The van der Waals surface area contributed by atoms with Gasteiger partial charge in [0.25, 0.3) is 0 Å². The normalized spacial score (nSPS) is 13.6. The van der Waals surface area contributed by atoms with Gasteiger partial charge in [-0.3, -0.25) is 9.79 Å². The lowest BCUT2D eigenvalue weighted by Gasteiger charge is -2.17. The maximum absolute atomic E-state index is 10.8. The molecule has 0 aromatic rings. The summed E-state index contributed by atoms with van der Waals surface area (Å²) < 4.78 is 0. The maximum Gasteiger partial charge on any atom is 0.244 e. The van der Waals surface area contributed by atoms with E-state index >= 15 is 0 Å². The summed E-state index contributed by atoms with van der Waals surface area (Å²) in [6.45, 7) is 7.11. The number of carbonyl (C=O) groups is 1. The smallest absolute Gasteiger partial charge is 0.244 e. The van der Waals surface area contributed by atoms with Gasteiger partial charge in [-0.1, -0.05) is 13.8 Å². The lowest BCUT2D eigenvalue weighted by atomic mass is 10.1. The Hall–Kier alpha value is -1.06. The van der Waals surface area contributed by atoms with Gasteiger partial charge in [-0.25, -0.2) is 0 Å². The average Bonchev–Trinajstić information content (AvgIpc) is 1.85. The molecule has 4 nitrogen and oxygen atoms in total. The van der Waals surface area contributed by atoms with Crippen molar-refractivity contribution in [2.45, 2.75) is 33.2 Å². The topological polar surface area (TPSA) is 81.5 Å². The van der Waals surface area contributed by atoms with Crippen molar-refractivity contribution in [3.05, 3.63) is 0 Å². The number of rotatable bonds is 3. The second kappa shape index (κ2) is 3.56. The van der Waals surface area contributed by atoms with Gasteiger partial charge in [0, 0.05) is 5.92 Å². The quantitative estimate of drug-likeness (QED) is 0.472. The number of amides is 1. The van der Waals surface area contributed by atoms with E-state index in [2.05, 4.69) is 4.99 Å². The number of carbonyl (C=O) groups excluding carboxylic acids is 1. The van der Waals surface area contributed by atoms with Crippen LogP contribution >= 0.6 is 0 Å². The van der Waals surface area contributed by atoms with Gasteiger partial charge in [0.15, 0.2) is 0 Å². The van der Waals surface area contributed by atoms with E-state index in [1.807, 2.05) is 13.8 Å². The zero-order valence-electron chi connectivity index (χ0n) is 8.09. The molecule has 12 heavy (non-hydrogen) atoms. The monoisotopic (exact) mass is 171 g/mol. The first-order valence-electron chi connectivity index (χ1n) is 3.92. The molecule has 0 aliphatic carbocycles. The summed E-state index contributed by atoms with van der Waals surface area (Å²) in [5.74, 6) is 0.133. The molecule has 0 saturated carbocycles. The second-order valence-electron chi connectivity index (χ2n) is 3.61. The Kier molecular flexibility index (Phi) is 3.24. The van der Waals surface area contributed by atoms with E-state index in [4.69, 9.17) is 11.5 Å². The van der Waals surface area contributed by atoms with Crippen LogP contribution in [-0.4, -0.2) is 17.3 Å². The number of amidine groups is 1. The van der Waals surface area contributed by atoms with Crippen molar-refractivity contribution in [1.29, 1.82) is 0 Å². The molecule has 0 aliphatic heterocycles. The summed E-state index contributed by atoms with van der Waals surface area (Å²) in [7, 11) is 0. The van der Waals surface area contributed by atoms with Crippen LogP contribution < -0.4 is 11.5 Å². The first kappa shape index (κ1) is 10.9. The van der Waals surface area contributed by atoms with Crippen molar-refractivity contribution in [3.63, 3.8) is 0 Å². The third kappa shape index (κ3) is 2.90. The molecule has 0 aromatic carbocycles. The summed E-state index contributed by atoms with van der Waals surface area (Å²) in [4.78, 5) is 14.9. The second-order valence-corrected chi connectivity index (χ2v) is 3.61. The molecule has 4 N–H and O–H groups in total. The lowest BCUT2D eigenvalue weighted by Crippen LogP contribution is -2.39. The molecule has 0 aromatic heterocycles. The molecule has 0 rings (SSSR count).